The van der Waals surface area contributed by atoms with Crippen LogP contribution in [-0.2, 0) is 17.8 Å². The van der Waals surface area contributed by atoms with E-state index >= 15 is 0 Å². The normalized spacial score (nSPS) is 23.7. The average molecular weight is 295 g/mol. The van der Waals surface area contributed by atoms with E-state index in [0.717, 1.165) is 38.8 Å². The van der Waals surface area contributed by atoms with Crippen molar-refractivity contribution < 1.29 is 4.79 Å². The molecule has 1 fully saturated rings. The van der Waals surface area contributed by atoms with Crippen LogP contribution in [0.25, 0.3) is 0 Å². The van der Waals surface area contributed by atoms with Gasteiger partial charge in [0.2, 0.25) is 5.91 Å². The van der Waals surface area contributed by atoms with Crippen LogP contribution in [0.2, 0.25) is 0 Å². The Labute approximate surface area is 130 Å². The van der Waals surface area contributed by atoms with E-state index in [0.29, 0.717) is 11.9 Å². The molecule has 114 valence electrons. The first kappa shape index (κ1) is 13.6. The molecule has 4 rings (SSSR count). The van der Waals surface area contributed by atoms with Crippen molar-refractivity contribution in [3.8, 4) is 0 Å². The summed E-state index contributed by atoms with van der Waals surface area (Å²) in [7, 11) is 0. The van der Waals surface area contributed by atoms with E-state index in [9.17, 15) is 4.79 Å². The number of nitrogens with zero attached hydrogens (tertiary/aromatic N) is 3. The van der Waals surface area contributed by atoms with Crippen molar-refractivity contribution in [3.63, 3.8) is 0 Å². The molecule has 1 aliphatic carbocycles. The van der Waals surface area contributed by atoms with Gasteiger partial charge in [-0.25, -0.2) is 0 Å². The smallest absolute Gasteiger partial charge is 0.230 e. The maximum Gasteiger partial charge on any atom is 0.230 e. The summed E-state index contributed by atoms with van der Waals surface area (Å²) in [4.78, 5) is 15.2. The molecule has 0 N–H and O–H groups in total. The lowest BCUT2D eigenvalue weighted by Crippen LogP contribution is -2.40. The fraction of sp³-hybridized carbons (Fsp3) is 0.444. The van der Waals surface area contributed by atoms with Gasteiger partial charge in [0, 0.05) is 18.9 Å². The van der Waals surface area contributed by atoms with E-state index in [1.54, 1.807) is 6.20 Å². The fourth-order valence-corrected chi connectivity index (χ4v) is 3.95. The summed E-state index contributed by atoms with van der Waals surface area (Å²) >= 11 is 0. The van der Waals surface area contributed by atoms with Crippen molar-refractivity contribution in [2.75, 3.05) is 6.54 Å². The van der Waals surface area contributed by atoms with E-state index in [4.69, 9.17) is 0 Å². The van der Waals surface area contributed by atoms with E-state index in [-0.39, 0.29) is 5.92 Å². The Bertz CT molecular complexity index is 665. The summed E-state index contributed by atoms with van der Waals surface area (Å²) < 4.78 is 1.94. The van der Waals surface area contributed by atoms with Crippen LogP contribution in [0, 0.1) is 0 Å². The highest BCUT2D eigenvalue weighted by Crippen LogP contribution is 2.36. The highest BCUT2D eigenvalue weighted by atomic mass is 16.2. The number of carbonyl (C=O) groups excluding carboxylic acids is 1. The van der Waals surface area contributed by atoms with Gasteiger partial charge in [-0.2, -0.15) is 5.10 Å². The topological polar surface area (TPSA) is 38.1 Å². The number of aromatic nitrogens is 2. The van der Waals surface area contributed by atoms with E-state index in [1.807, 2.05) is 16.9 Å². The predicted octanol–water partition coefficient (Wildman–Crippen LogP) is 2.60. The SMILES string of the molecule is O=C(C1CCc2ccccc21)N1CCCC1Cn1cccn1. The van der Waals surface area contributed by atoms with Gasteiger partial charge in [0.1, 0.15) is 0 Å². The summed E-state index contributed by atoms with van der Waals surface area (Å²) in [6.45, 7) is 1.70. The quantitative estimate of drug-likeness (QED) is 0.873. The second kappa shape index (κ2) is 5.59. The third-order valence-corrected chi connectivity index (χ3v) is 5.05. The Morgan fingerprint density at radius 3 is 3.00 bits per heavy atom. The molecule has 22 heavy (non-hydrogen) atoms. The number of amides is 1. The minimum Gasteiger partial charge on any atom is -0.337 e. The largest absolute Gasteiger partial charge is 0.337 e. The highest BCUT2D eigenvalue weighted by molar-refractivity contribution is 5.85. The monoisotopic (exact) mass is 295 g/mol. The van der Waals surface area contributed by atoms with Crippen molar-refractivity contribution >= 4 is 5.91 Å². The molecule has 0 radical (unpaired) electrons. The maximum atomic E-state index is 13.0. The van der Waals surface area contributed by atoms with Crippen molar-refractivity contribution in [3.05, 3.63) is 53.9 Å². The van der Waals surface area contributed by atoms with Crippen LogP contribution in [0.15, 0.2) is 42.7 Å². The lowest BCUT2D eigenvalue weighted by molar-refractivity contribution is -0.133. The summed E-state index contributed by atoms with van der Waals surface area (Å²) in [6, 6.07) is 10.6. The molecule has 1 amide bonds. The standard InChI is InChI=1S/C18H21N3O/c22-18(17-9-8-14-5-1-2-7-16(14)17)21-12-3-6-15(21)13-20-11-4-10-19-20/h1-2,4-5,7,10-11,15,17H,3,6,8-9,12-13H2. The lowest BCUT2D eigenvalue weighted by atomic mass is 9.99. The molecule has 2 heterocycles. The maximum absolute atomic E-state index is 13.0. The number of hydrogen-bond acceptors (Lipinski definition) is 2. The van der Waals surface area contributed by atoms with Crippen molar-refractivity contribution in [2.45, 2.75) is 44.2 Å². The predicted molar refractivity (Wildman–Crippen MR) is 84.5 cm³/mol. The summed E-state index contributed by atoms with van der Waals surface area (Å²) in [5.41, 5.74) is 2.60. The van der Waals surface area contributed by atoms with Gasteiger partial charge >= 0.3 is 0 Å². The number of benzene rings is 1. The zero-order valence-corrected chi connectivity index (χ0v) is 12.7. The summed E-state index contributed by atoms with van der Waals surface area (Å²) in [5.74, 6) is 0.383. The highest BCUT2D eigenvalue weighted by Gasteiger charge is 2.36. The molecule has 4 heteroatoms. The number of carbonyl (C=O) groups is 1. The minimum absolute atomic E-state index is 0.0643. The van der Waals surface area contributed by atoms with Gasteiger partial charge in [-0.1, -0.05) is 24.3 Å². The van der Waals surface area contributed by atoms with E-state index in [2.05, 4.69) is 34.3 Å². The van der Waals surface area contributed by atoms with Gasteiger partial charge in [0.15, 0.2) is 0 Å². The molecule has 2 aromatic rings. The Balaban J connectivity index is 1.52. The molecule has 2 aliphatic rings. The third-order valence-electron chi connectivity index (χ3n) is 5.05. The third kappa shape index (κ3) is 2.32. The summed E-state index contributed by atoms with van der Waals surface area (Å²) in [5, 5.41) is 4.29. The Hall–Kier alpha value is -2.10. The van der Waals surface area contributed by atoms with E-state index < -0.39 is 0 Å². The van der Waals surface area contributed by atoms with Gasteiger partial charge in [-0.05, 0) is 42.9 Å². The van der Waals surface area contributed by atoms with Crippen LogP contribution in [0.5, 0.6) is 0 Å². The fourth-order valence-electron chi connectivity index (χ4n) is 3.95. The van der Waals surface area contributed by atoms with Crippen LogP contribution in [0.4, 0.5) is 0 Å². The average Bonchev–Trinajstić information content (AvgIpc) is 3.27. The Morgan fingerprint density at radius 2 is 2.14 bits per heavy atom. The zero-order chi connectivity index (χ0) is 14.9. The van der Waals surface area contributed by atoms with Gasteiger partial charge in [-0.3, -0.25) is 9.48 Å². The molecule has 0 saturated carbocycles. The van der Waals surface area contributed by atoms with Gasteiger partial charge in [-0.15, -0.1) is 0 Å². The first-order chi connectivity index (χ1) is 10.8. The Morgan fingerprint density at radius 1 is 1.23 bits per heavy atom. The summed E-state index contributed by atoms with van der Waals surface area (Å²) in [6.07, 6.45) is 7.96. The molecule has 1 aromatic heterocycles. The second-order valence-electron chi connectivity index (χ2n) is 6.35. The van der Waals surface area contributed by atoms with Crippen molar-refractivity contribution in [1.82, 2.24) is 14.7 Å². The lowest BCUT2D eigenvalue weighted by Gasteiger charge is -2.27. The van der Waals surface area contributed by atoms with Crippen LogP contribution in [-0.4, -0.2) is 33.2 Å². The van der Waals surface area contributed by atoms with Crippen LogP contribution in [0.1, 0.15) is 36.3 Å². The number of likely N-dealkylation sites (tertiary alicyclic amines) is 1. The number of hydrogen-bond donors (Lipinski definition) is 0. The minimum atomic E-state index is 0.0643. The molecule has 1 saturated heterocycles. The first-order valence-electron chi connectivity index (χ1n) is 8.18. The molecule has 0 spiro atoms. The van der Waals surface area contributed by atoms with E-state index in [1.165, 1.54) is 11.1 Å². The molecule has 2 atom stereocenters. The molecular weight excluding hydrogens is 274 g/mol. The zero-order valence-electron chi connectivity index (χ0n) is 12.7. The number of rotatable bonds is 3. The molecule has 0 bridgehead atoms. The second-order valence-corrected chi connectivity index (χ2v) is 6.35. The van der Waals surface area contributed by atoms with Crippen LogP contribution in [0.3, 0.4) is 0 Å². The number of fused-ring (bicyclic) bond motifs is 1. The molecule has 4 nitrogen and oxygen atoms in total. The number of aryl methyl sites for hydroxylation is 1. The molecule has 2 unspecified atom stereocenters. The first-order valence-corrected chi connectivity index (χ1v) is 8.18. The van der Waals surface area contributed by atoms with Crippen LogP contribution >= 0.6 is 0 Å². The van der Waals surface area contributed by atoms with Gasteiger partial charge < -0.3 is 4.90 Å². The van der Waals surface area contributed by atoms with Crippen molar-refractivity contribution in [1.29, 1.82) is 0 Å². The Kier molecular flexibility index (Phi) is 3.45. The molecule has 1 aliphatic heterocycles. The van der Waals surface area contributed by atoms with Gasteiger partial charge in [0.05, 0.1) is 18.5 Å². The van der Waals surface area contributed by atoms with Crippen LogP contribution < -0.4 is 0 Å². The molecule has 1 aromatic carbocycles. The van der Waals surface area contributed by atoms with Gasteiger partial charge in [0.25, 0.3) is 0 Å². The molecular formula is C18H21N3O. The van der Waals surface area contributed by atoms with Crippen molar-refractivity contribution in [2.24, 2.45) is 0 Å².